The molecule has 0 atom stereocenters. The van der Waals surface area contributed by atoms with Gasteiger partial charge >= 0.3 is 5.97 Å². The van der Waals surface area contributed by atoms with Crippen molar-refractivity contribution in [1.29, 1.82) is 0 Å². The third-order valence-electron chi connectivity index (χ3n) is 4.93. The summed E-state index contributed by atoms with van der Waals surface area (Å²) in [5.41, 5.74) is 2.78. The maximum atomic E-state index is 12.9. The number of nitrogens with zero attached hydrogens (tertiary/aromatic N) is 1. The third-order valence-corrected chi connectivity index (χ3v) is 4.93. The molecule has 1 aliphatic heterocycles. The summed E-state index contributed by atoms with van der Waals surface area (Å²) < 4.78 is 15.8. The molecule has 1 heterocycles. The summed E-state index contributed by atoms with van der Waals surface area (Å²) in [6, 6.07) is 24.8. The van der Waals surface area contributed by atoms with Crippen LogP contribution < -0.4 is 9.47 Å². The van der Waals surface area contributed by atoms with Gasteiger partial charge in [-0.2, -0.15) is 0 Å². The second-order valence-electron chi connectivity index (χ2n) is 7.27. The molecule has 0 spiro atoms. The first-order valence-corrected chi connectivity index (χ1v) is 10.3. The van der Waals surface area contributed by atoms with Gasteiger partial charge in [0.15, 0.2) is 18.1 Å². The van der Waals surface area contributed by atoms with Crippen LogP contribution in [0.2, 0.25) is 0 Å². The number of rotatable bonds is 8. The summed E-state index contributed by atoms with van der Waals surface area (Å²) in [4.78, 5) is 26.7. The standard InChI is InChI=1S/C26H23NO5/c28-25(18-30-26(29)14-12-20-11-13-23-24(15-20)32-19-31-23)27(16-21-7-3-1-4-8-21)17-22-9-5-2-6-10-22/h1-15H,16-19H2/b14-12+. The van der Waals surface area contributed by atoms with Gasteiger partial charge in [0.25, 0.3) is 5.91 Å². The van der Waals surface area contributed by atoms with Gasteiger partial charge in [0.1, 0.15) is 0 Å². The van der Waals surface area contributed by atoms with E-state index in [1.807, 2.05) is 66.7 Å². The number of hydrogen-bond acceptors (Lipinski definition) is 5. The van der Waals surface area contributed by atoms with Gasteiger partial charge in [-0.1, -0.05) is 66.7 Å². The number of hydrogen-bond donors (Lipinski definition) is 0. The Morgan fingerprint density at radius 1 is 0.844 bits per heavy atom. The highest BCUT2D eigenvalue weighted by molar-refractivity contribution is 5.89. The van der Waals surface area contributed by atoms with Crippen molar-refractivity contribution in [2.75, 3.05) is 13.4 Å². The monoisotopic (exact) mass is 429 g/mol. The van der Waals surface area contributed by atoms with Crippen LogP contribution in [0.15, 0.2) is 84.9 Å². The minimum absolute atomic E-state index is 0.190. The molecule has 0 radical (unpaired) electrons. The molecule has 1 amide bonds. The van der Waals surface area contributed by atoms with Crippen molar-refractivity contribution in [2.24, 2.45) is 0 Å². The second-order valence-corrected chi connectivity index (χ2v) is 7.27. The summed E-state index contributed by atoms with van der Waals surface area (Å²) in [5.74, 6) is 0.457. The molecule has 3 aromatic carbocycles. The fourth-order valence-corrected chi connectivity index (χ4v) is 3.29. The average Bonchev–Trinajstić information content (AvgIpc) is 3.30. The summed E-state index contributed by atoms with van der Waals surface area (Å²) in [6.07, 6.45) is 2.91. The molecule has 0 saturated heterocycles. The van der Waals surface area contributed by atoms with Gasteiger partial charge in [-0.3, -0.25) is 4.79 Å². The van der Waals surface area contributed by atoms with Crippen molar-refractivity contribution in [3.05, 3.63) is 102 Å². The summed E-state index contributed by atoms with van der Waals surface area (Å²) in [6.45, 7) is 0.720. The molecule has 6 nitrogen and oxygen atoms in total. The fourth-order valence-electron chi connectivity index (χ4n) is 3.29. The predicted molar refractivity (Wildman–Crippen MR) is 120 cm³/mol. The SMILES string of the molecule is O=C(/C=C/c1ccc2c(c1)OCO2)OCC(=O)N(Cc1ccccc1)Cc1ccccc1. The smallest absolute Gasteiger partial charge is 0.331 e. The van der Waals surface area contributed by atoms with Gasteiger partial charge in [-0.05, 0) is 34.9 Å². The van der Waals surface area contributed by atoms with Gasteiger partial charge in [0, 0.05) is 19.2 Å². The zero-order valence-corrected chi connectivity index (χ0v) is 17.5. The fraction of sp³-hybridized carbons (Fsp3) is 0.154. The highest BCUT2D eigenvalue weighted by atomic mass is 16.7. The molecule has 1 aliphatic rings. The van der Waals surface area contributed by atoms with Crippen LogP contribution in [-0.2, 0) is 27.4 Å². The lowest BCUT2D eigenvalue weighted by Crippen LogP contribution is -2.33. The Hall–Kier alpha value is -4.06. The molecule has 0 saturated carbocycles. The quantitative estimate of drug-likeness (QED) is 0.397. The Morgan fingerprint density at radius 2 is 1.47 bits per heavy atom. The zero-order chi connectivity index (χ0) is 22.2. The first-order chi connectivity index (χ1) is 15.7. The maximum Gasteiger partial charge on any atom is 0.331 e. The molecule has 0 aromatic heterocycles. The van der Waals surface area contributed by atoms with Crippen LogP contribution in [0.1, 0.15) is 16.7 Å². The molecule has 0 N–H and O–H groups in total. The van der Waals surface area contributed by atoms with E-state index < -0.39 is 5.97 Å². The van der Waals surface area contributed by atoms with E-state index in [2.05, 4.69) is 0 Å². The van der Waals surface area contributed by atoms with E-state index in [4.69, 9.17) is 14.2 Å². The van der Waals surface area contributed by atoms with E-state index >= 15 is 0 Å². The van der Waals surface area contributed by atoms with Crippen molar-refractivity contribution in [3.63, 3.8) is 0 Å². The molecule has 0 aliphatic carbocycles. The summed E-state index contributed by atoms with van der Waals surface area (Å²) in [7, 11) is 0. The lowest BCUT2D eigenvalue weighted by Gasteiger charge is -2.23. The van der Waals surface area contributed by atoms with E-state index in [0.717, 1.165) is 16.7 Å². The van der Waals surface area contributed by atoms with Crippen LogP contribution in [-0.4, -0.2) is 30.2 Å². The summed E-state index contributed by atoms with van der Waals surface area (Å²) in [5, 5.41) is 0. The summed E-state index contributed by atoms with van der Waals surface area (Å²) >= 11 is 0. The zero-order valence-electron chi connectivity index (χ0n) is 17.5. The number of esters is 1. The highest BCUT2D eigenvalue weighted by Gasteiger charge is 2.17. The van der Waals surface area contributed by atoms with Crippen molar-refractivity contribution in [3.8, 4) is 11.5 Å². The average molecular weight is 429 g/mol. The van der Waals surface area contributed by atoms with E-state index in [1.165, 1.54) is 6.08 Å². The van der Waals surface area contributed by atoms with Crippen molar-refractivity contribution >= 4 is 18.0 Å². The lowest BCUT2D eigenvalue weighted by atomic mass is 10.1. The third kappa shape index (κ3) is 5.76. The van der Waals surface area contributed by atoms with Gasteiger partial charge < -0.3 is 19.1 Å². The van der Waals surface area contributed by atoms with Crippen LogP contribution in [0.25, 0.3) is 6.08 Å². The van der Waals surface area contributed by atoms with Crippen molar-refractivity contribution < 1.29 is 23.8 Å². The lowest BCUT2D eigenvalue weighted by molar-refractivity contribution is -0.148. The molecule has 3 aromatic rings. The second kappa shape index (κ2) is 10.3. The van der Waals surface area contributed by atoms with Gasteiger partial charge in [0.05, 0.1) is 0 Å². The normalized spacial score (nSPS) is 12.0. The Kier molecular flexibility index (Phi) is 6.82. The Morgan fingerprint density at radius 3 is 2.12 bits per heavy atom. The van der Waals surface area contributed by atoms with Gasteiger partial charge in [-0.15, -0.1) is 0 Å². The molecule has 6 heteroatoms. The minimum atomic E-state index is -0.588. The van der Waals surface area contributed by atoms with E-state index in [0.29, 0.717) is 24.6 Å². The maximum absolute atomic E-state index is 12.9. The van der Waals surface area contributed by atoms with Gasteiger partial charge in [0.2, 0.25) is 6.79 Å². The first-order valence-electron chi connectivity index (χ1n) is 10.3. The van der Waals surface area contributed by atoms with Crippen LogP contribution in [0.5, 0.6) is 11.5 Å². The molecule has 32 heavy (non-hydrogen) atoms. The topological polar surface area (TPSA) is 65.1 Å². The Bertz CT molecular complexity index is 1050. The van der Waals surface area contributed by atoms with Crippen LogP contribution >= 0.6 is 0 Å². The van der Waals surface area contributed by atoms with Crippen LogP contribution in [0.4, 0.5) is 0 Å². The molecule has 0 unspecified atom stereocenters. The van der Waals surface area contributed by atoms with Crippen molar-refractivity contribution in [1.82, 2.24) is 4.90 Å². The molecule has 0 fully saturated rings. The number of amides is 1. The number of carbonyl (C=O) groups excluding carboxylic acids is 2. The van der Waals surface area contributed by atoms with Crippen molar-refractivity contribution in [2.45, 2.75) is 13.1 Å². The van der Waals surface area contributed by atoms with Crippen LogP contribution in [0, 0.1) is 0 Å². The number of benzene rings is 3. The molecule has 4 rings (SSSR count). The molecule has 162 valence electrons. The minimum Gasteiger partial charge on any atom is -0.454 e. The number of fused-ring (bicyclic) bond motifs is 1. The van der Waals surface area contributed by atoms with Gasteiger partial charge in [-0.25, -0.2) is 4.79 Å². The van der Waals surface area contributed by atoms with Crippen LogP contribution in [0.3, 0.4) is 0 Å². The number of carbonyl (C=O) groups is 2. The highest BCUT2D eigenvalue weighted by Crippen LogP contribution is 2.32. The number of ether oxygens (including phenoxy) is 3. The Labute approximate surface area is 186 Å². The van der Waals surface area contributed by atoms with E-state index in [1.54, 1.807) is 23.1 Å². The molecular weight excluding hydrogens is 406 g/mol. The molecular formula is C26H23NO5. The molecule has 0 bridgehead atoms. The van der Waals surface area contributed by atoms with E-state index in [-0.39, 0.29) is 19.3 Å². The Balaban J connectivity index is 1.36. The first kappa shape index (κ1) is 21.2. The van der Waals surface area contributed by atoms with E-state index in [9.17, 15) is 9.59 Å². The largest absolute Gasteiger partial charge is 0.454 e. The predicted octanol–water partition coefficient (Wildman–Crippen LogP) is 4.20.